The number of likely N-dealkylation sites (tertiary alicyclic amines) is 1. The Bertz CT molecular complexity index is 439. The van der Waals surface area contributed by atoms with Crippen molar-refractivity contribution in [1.29, 1.82) is 0 Å². The summed E-state index contributed by atoms with van der Waals surface area (Å²) < 4.78 is 0. The summed E-state index contributed by atoms with van der Waals surface area (Å²) >= 11 is 0. The minimum absolute atomic E-state index is 0.0695. The van der Waals surface area contributed by atoms with Crippen LogP contribution in [0.2, 0.25) is 0 Å². The zero-order valence-corrected chi connectivity index (χ0v) is 12.1. The van der Waals surface area contributed by atoms with Gasteiger partial charge in [0.25, 0.3) is 0 Å². The lowest BCUT2D eigenvalue weighted by Gasteiger charge is -2.30. The first-order chi connectivity index (χ1) is 9.00. The van der Waals surface area contributed by atoms with Crippen LogP contribution in [0.4, 0.5) is 0 Å². The van der Waals surface area contributed by atoms with Gasteiger partial charge in [-0.25, -0.2) is 0 Å². The van der Waals surface area contributed by atoms with Crippen LogP contribution in [0.25, 0.3) is 0 Å². The van der Waals surface area contributed by atoms with Gasteiger partial charge in [-0.05, 0) is 31.2 Å². The van der Waals surface area contributed by atoms with Crippen LogP contribution in [0.3, 0.4) is 0 Å². The number of nitrogens with two attached hydrogens (primary N) is 1. The number of benzene rings is 1. The molecule has 1 fully saturated rings. The van der Waals surface area contributed by atoms with Gasteiger partial charge in [-0.15, -0.1) is 0 Å². The van der Waals surface area contributed by atoms with Crippen molar-refractivity contribution in [1.82, 2.24) is 4.90 Å². The first-order valence-corrected chi connectivity index (χ1v) is 7.13. The third-order valence-corrected chi connectivity index (χ3v) is 4.05. The smallest absolute Gasteiger partial charge is 0.244 e. The van der Waals surface area contributed by atoms with E-state index in [0.29, 0.717) is 12.0 Å². The van der Waals surface area contributed by atoms with Gasteiger partial charge in [0, 0.05) is 12.6 Å². The van der Waals surface area contributed by atoms with Gasteiger partial charge in [0.2, 0.25) is 5.91 Å². The topological polar surface area (TPSA) is 46.3 Å². The highest BCUT2D eigenvalue weighted by atomic mass is 16.2. The number of carbonyl (C=O) groups is 1. The lowest BCUT2D eigenvalue weighted by atomic mass is 10.00. The zero-order chi connectivity index (χ0) is 14.0. The molecular weight excluding hydrogens is 236 g/mol. The van der Waals surface area contributed by atoms with E-state index in [-0.39, 0.29) is 5.91 Å². The van der Waals surface area contributed by atoms with Crippen LogP contribution >= 0.6 is 0 Å². The molecule has 104 valence electrons. The highest BCUT2D eigenvalue weighted by Crippen LogP contribution is 2.26. The van der Waals surface area contributed by atoms with Crippen LogP contribution in [0.15, 0.2) is 24.3 Å². The van der Waals surface area contributed by atoms with Gasteiger partial charge in [0.05, 0.1) is 0 Å². The SMILES string of the molecule is Cc1ccc(C(N)C(=O)N2CCCC2C(C)C)cc1. The monoisotopic (exact) mass is 260 g/mol. The van der Waals surface area contributed by atoms with E-state index in [4.69, 9.17) is 5.73 Å². The van der Waals surface area contributed by atoms with E-state index in [1.807, 2.05) is 36.1 Å². The quantitative estimate of drug-likeness (QED) is 0.908. The molecule has 1 aromatic carbocycles. The summed E-state index contributed by atoms with van der Waals surface area (Å²) in [6, 6.07) is 7.75. The molecule has 3 heteroatoms. The first-order valence-electron chi connectivity index (χ1n) is 7.13. The molecule has 0 bridgehead atoms. The minimum Gasteiger partial charge on any atom is -0.338 e. The number of rotatable bonds is 3. The number of aryl methyl sites for hydroxylation is 1. The van der Waals surface area contributed by atoms with Crippen LogP contribution in [-0.4, -0.2) is 23.4 Å². The number of hydrogen-bond donors (Lipinski definition) is 1. The highest BCUT2D eigenvalue weighted by molar-refractivity contribution is 5.83. The van der Waals surface area contributed by atoms with Gasteiger partial charge in [0.1, 0.15) is 6.04 Å². The Balaban J connectivity index is 2.12. The molecule has 0 radical (unpaired) electrons. The molecule has 1 aliphatic heterocycles. The van der Waals surface area contributed by atoms with E-state index in [2.05, 4.69) is 13.8 Å². The summed E-state index contributed by atoms with van der Waals surface area (Å²) in [6.07, 6.45) is 2.19. The third kappa shape index (κ3) is 2.98. The van der Waals surface area contributed by atoms with Crippen molar-refractivity contribution in [2.24, 2.45) is 11.7 Å². The zero-order valence-electron chi connectivity index (χ0n) is 12.1. The van der Waals surface area contributed by atoms with Crippen molar-refractivity contribution in [3.63, 3.8) is 0 Å². The molecule has 0 aromatic heterocycles. The van der Waals surface area contributed by atoms with E-state index in [0.717, 1.165) is 24.9 Å². The standard InChI is InChI=1S/C16H24N2O/c1-11(2)14-5-4-10-18(14)16(19)15(17)13-8-6-12(3)7-9-13/h6-9,11,14-15H,4-5,10,17H2,1-3H3. The third-order valence-electron chi connectivity index (χ3n) is 4.05. The molecule has 2 atom stereocenters. The molecule has 0 saturated carbocycles. The number of amides is 1. The molecule has 1 saturated heterocycles. The normalized spacial score (nSPS) is 20.9. The number of nitrogens with zero attached hydrogens (tertiary/aromatic N) is 1. The Morgan fingerprint density at radius 3 is 2.53 bits per heavy atom. The van der Waals surface area contributed by atoms with E-state index in [1.54, 1.807) is 0 Å². The fraction of sp³-hybridized carbons (Fsp3) is 0.562. The van der Waals surface area contributed by atoms with Crippen molar-refractivity contribution < 1.29 is 4.79 Å². The summed E-state index contributed by atoms with van der Waals surface area (Å²) in [5, 5.41) is 0. The van der Waals surface area contributed by atoms with Crippen molar-refractivity contribution >= 4 is 5.91 Å². The average Bonchev–Trinajstić information content (AvgIpc) is 2.87. The van der Waals surface area contributed by atoms with Gasteiger partial charge < -0.3 is 10.6 Å². The van der Waals surface area contributed by atoms with E-state index >= 15 is 0 Å². The van der Waals surface area contributed by atoms with E-state index < -0.39 is 6.04 Å². The molecular formula is C16H24N2O. The summed E-state index contributed by atoms with van der Waals surface area (Å²) in [4.78, 5) is 14.5. The second kappa shape index (κ2) is 5.74. The van der Waals surface area contributed by atoms with Gasteiger partial charge in [-0.2, -0.15) is 0 Å². The molecule has 1 aliphatic rings. The molecule has 3 nitrogen and oxygen atoms in total. The molecule has 1 amide bonds. The Morgan fingerprint density at radius 2 is 1.95 bits per heavy atom. The van der Waals surface area contributed by atoms with Crippen molar-refractivity contribution in [3.8, 4) is 0 Å². The predicted molar refractivity (Wildman–Crippen MR) is 77.7 cm³/mol. The predicted octanol–water partition coefficient (Wildman–Crippen LogP) is 2.64. The minimum atomic E-state index is -0.528. The maximum absolute atomic E-state index is 12.5. The van der Waals surface area contributed by atoms with Crippen molar-refractivity contribution in [3.05, 3.63) is 35.4 Å². The Labute approximate surface area is 115 Å². The Kier molecular flexibility index (Phi) is 4.25. The fourth-order valence-corrected chi connectivity index (χ4v) is 2.85. The van der Waals surface area contributed by atoms with Crippen LogP contribution in [0, 0.1) is 12.8 Å². The largest absolute Gasteiger partial charge is 0.338 e. The molecule has 2 unspecified atom stereocenters. The Morgan fingerprint density at radius 1 is 1.32 bits per heavy atom. The second-order valence-corrected chi connectivity index (χ2v) is 5.87. The molecule has 19 heavy (non-hydrogen) atoms. The molecule has 1 heterocycles. The number of hydrogen-bond acceptors (Lipinski definition) is 2. The molecule has 0 aliphatic carbocycles. The van der Waals surface area contributed by atoms with E-state index in [1.165, 1.54) is 5.56 Å². The van der Waals surface area contributed by atoms with Gasteiger partial charge in [-0.3, -0.25) is 4.79 Å². The molecule has 2 rings (SSSR count). The van der Waals surface area contributed by atoms with Crippen LogP contribution in [-0.2, 0) is 4.79 Å². The molecule has 2 N–H and O–H groups in total. The lowest BCUT2D eigenvalue weighted by molar-refractivity contribution is -0.134. The Hall–Kier alpha value is -1.35. The van der Waals surface area contributed by atoms with Crippen molar-refractivity contribution in [2.75, 3.05) is 6.54 Å². The maximum atomic E-state index is 12.5. The molecule has 1 aromatic rings. The van der Waals surface area contributed by atoms with Gasteiger partial charge in [0.15, 0.2) is 0 Å². The maximum Gasteiger partial charge on any atom is 0.244 e. The highest BCUT2D eigenvalue weighted by Gasteiger charge is 2.33. The second-order valence-electron chi connectivity index (χ2n) is 5.87. The summed E-state index contributed by atoms with van der Waals surface area (Å²) in [5.41, 5.74) is 8.23. The summed E-state index contributed by atoms with van der Waals surface area (Å²) in [7, 11) is 0. The van der Waals surface area contributed by atoms with Gasteiger partial charge >= 0.3 is 0 Å². The summed E-state index contributed by atoms with van der Waals surface area (Å²) in [5.74, 6) is 0.566. The van der Waals surface area contributed by atoms with Crippen LogP contribution in [0.1, 0.15) is 43.9 Å². The van der Waals surface area contributed by atoms with E-state index in [9.17, 15) is 4.79 Å². The molecule has 0 spiro atoms. The fourth-order valence-electron chi connectivity index (χ4n) is 2.85. The first kappa shape index (κ1) is 14.1. The van der Waals surface area contributed by atoms with Gasteiger partial charge in [-0.1, -0.05) is 43.7 Å². The lowest BCUT2D eigenvalue weighted by Crippen LogP contribution is -2.43. The van der Waals surface area contributed by atoms with Crippen molar-refractivity contribution in [2.45, 2.75) is 45.7 Å². The van der Waals surface area contributed by atoms with Crippen LogP contribution < -0.4 is 5.73 Å². The number of carbonyl (C=O) groups excluding carboxylic acids is 1. The average molecular weight is 260 g/mol. The van der Waals surface area contributed by atoms with Crippen LogP contribution in [0.5, 0.6) is 0 Å². The summed E-state index contributed by atoms with van der Waals surface area (Å²) in [6.45, 7) is 7.23.